The number of alkyl halides is 3. The van der Waals surface area contributed by atoms with E-state index in [1.54, 1.807) is 0 Å². The zero-order valence-corrected chi connectivity index (χ0v) is 11.6. The molecule has 0 aliphatic heterocycles. The summed E-state index contributed by atoms with van der Waals surface area (Å²) in [6.45, 7) is 0. The molecule has 3 rings (SSSR count). The first-order valence-electron chi connectivity index (χ1n) is 6.92. The molecule has 4 nitrogen and oxygen atoms in total. The summed E-state index contributed by atoms with van der Waals surface area (Å²) in [5.74, 6) is -0.105. The van der Waals surface area contributed by atoms with Crippen molar-refractivity contribution in [3.05, 3.63) is 34.9 Å². The number of benzene rings is 1. The van der Waals surface area contributed by atoms with Crippen LogP contribution in [0.3, 0.4) is 0 Å². The van der Waals surface area contributed by atoms with E-state index in [0.717, 1.165) is 42.9 Å². The van der Waals surface area contributed by atoms with Crippen LogP contribution in [0.1, 0.15) is 29.5 Å². The maximum atomic E-state index is 12.7. The molecule has 1 aliphatic rings. The van der Waals surface area contributed by atoms with E-state index in [4.69, 9.17) is 5.73 Å². The zero-order valence-electron chi connectivity index (χ0n) is 11.6. The van der Waals surface area contributed by atoms with E-state index in [1.165, 1.54) is 6.07 Å². The Bertz CT molecular complexity index is 729. The van der Waals surface area contributed by atoms with E-state index >= 15 is 0 Å². The van der Waals surface area contributed by atoms with Crippen molar-refractivity contribution in [3.8, 4) is 17.0 Å². The molecule has 0 spiro atoms. The number of anilines is 1. The Kier molecular flexibility index (Phi) is 3.42. The summed E-state index contributed by atoms with van der Waals surface area (Å²) in [6, 6.07) is 2.87. The van der Waals surface area contributed by atoms with Gasteiger partial charge in [0.25, 0.3) is 0 Å². The first kappa shape index (κ1) is 14.6. The minimum Gasteiger partial charge on any atom is -0.507 e. The topological polar surface area (TPSA) is 72.0 Å². The molecule has 1 aromatic carbocycles. The van der Waals surface area contributed by atoms with Gasteiger partial charge < -0.3 is 10.8 Å². The van der Waals surface area contributed by atoms with Gasteiger partial charge in [0.15, 0.2) is 0 Å². The molecule has 0 unspecified atom stereocenters. The van der Waals surface area contributed by atoms with Gasteiger partial charge in [0.2, 0.25) is 0 Å². The number of hydrogen-bond acceptors (Lipinski definition) is 4. The number of hydrogen-bond donors (Lipinski definition) is 2. The van der Waals surface area contributed by atoms with Crippen molar-refractivity contribution in [1.29, 1.82) is 0 Å². The lowest BCUT2D eigenvalue weighted by molar-refractivity contribution is -0.137. The molecule has 7 heteroatoms. The summed E-state index contributed by atoms with van der Waals surface area (Å²) in [6.07, 6.45) is -1.06. The van der Waals surface area contributed by atoms with E-state index in [1.807, 2.05) is 0 Å². The third kappa shape index (κ3) is 2.47. The van der Waals surface area contributed by atoms with E-state index in [9.17, 15) is 18.3 Å². The second-order valence-electron chi connectivity index (χ2n) is 5.33. The number of nitrogen functional groups attached to an aromatic ring is 1. The maximum Gasteiger partial charge on any atom is 0.416 e. The summed E-state index contributed by atoms with van der Waals surface area (Å²) in [4.78, 5) is 0. The molecule has 0 radical (unpaired) electrons. The van der Waals surface area contributed by atoms with Crippen LogP contribution in [0.2, 0.25) is 0 Å². The highest BCUT2D eigenvalue weighted by Crippen LogP contribution is 2.39. The highest BCUT2D eigenvalue weighted by atomic mass is 19.4. The van der Waals surface area contributed by atoms with Crippen molar-refractivity contribution < 1.29 is 18.3 Å². The molecule has 116 valence electrons. The summed E-state index contributed by atoms with van der Waals surface area (Å²) >= 11 is 0. The average Bonchev–Trinajstić information content (AvgIpc) is 2.47. The van der Waals surface area contributed by atoms with E-state index in [2.05, 4.69) is 10.2 Å². The molecule has 0 saturated carbocycles. The Labute approximate surface area is 124 Å². The van der Waals surface area contributed by atoms with Crippen LogP contribution >= 0.6 is 0 Å². The quantitative estimate of drug-likeness (QED) is 0.847. The minimum atomic E-state index is -4.50. The lowest BCUT2D eigenvalue weighted by Crippen LogP contribution is -2.12. The van der Waals surface area contributed by atoms with Gasteiger partial charge in [-0.05, 0) is 49.4 Å². The minimum absolute atomic E-state index is 0.249. The van der Waals surface area contributed by atoms with Gasteiger partial charge in [-0.2, -0.15) is 13.2 Å². The normalized spacial score (nSPS) is 14.7. The molecular weight excluding hydrogens is 295 g/mol. The summed E-state index contributed by atoms with van der Waals surface area (Å²) in [5.41, 5.74) is 7.34. The summed E-state index contributed by atoms with van der Waals surface area (Å²) in [7, 11) is 0. The van der Waals surface area contributed by atoms with Crippen molar-refractivity contribution in [2.24, 2.45) is 0 Å². The maximum absolute atomic E-state index is 12.7. The highest BCUT2D eigenvalue weighted by Gasteiger charge is 2.31. The van der Waals surface area contributed by atoms with Crippen molar-refractivity contribution in [3.63, 3.8) is 0 Å². The Morgan fingerprint density at radius 1 is 1.05 bits per heavy atom. The van der Waals surface area contributed by atoms with Crippen LogP contribution in [0.15, 0.2) is 18.2 Å². The molecule has 0 bridgehead atoms. The highest BCUT2D eigenvalue weighted by molar-refractivity contribution is 5.72. The Morgan fingerprint density at radius 2 is 1.73 bits per heavy atom. The molecule has 1 aromatic heterocycles. The molecule has 0 atom stereocenters. The van der Waals surface area contributed by atoms with Gasteiger partial charge in [-0.25, -0.2) is 0 Å². The molecule has 3 N–H and O–H groups in total. The molecule has 1 aliphatic carbocycles. The number of phenolic OH excluding ortho intramolecular Hbond substituents is 1. The summed E-state index contributed by atoms with van der Waals surface area (Å²) in [5, 5.41) is 17.9. The first-order chi connectivity index (χ1) is 10.4. The fourth-order valence-corrected chi connectivity index (χ4v) is 2.80. The van der Waals surface area contributed by atoms with E-state index in [0.29, 0.717) is 17.6 Å². The van der Waals surface area contributed by atoms with Crippen LogP contribution in [0.25, 0.3) is 11.3 Å². The SMILES string of the molecule is Nc1nnc(-c2ccc(C(F)(F)F)cc2O)c2c1CCCC2. The molecule has 0 fully saturated rings. The number of rotatable bonds is 1. The Balaban J connectivity index is 2.13. The van der Waals surface area contributed by atoms with E-state index in [-0.39, 0.29) is 5.56 Å². The largest absolute Gasteiger partial charge is 0.507 e. The van der Waals surface area contributed by atoms with Crippen LogP contribution in [-0.2, 0) is 19.0 Å². The van der Waals surface area contributed by atoms with Crippen LogP contribution in [-0.4, -0.2) is 15.3 Å². The van der Waals surface area contributed by atoms with Gasteiger partial charge in [0.1, 0.15) is 17.3 Å². The van der Waals surface area contributed by atoms with Crippen LogP contribution in [0.5, 0.6) is 5.75 Å². The number of halogens is 3. The van der Waals surface area contributed by atoms with Gasteiger partial charge in [-0.15, -0.1) is 10.2 Å². The Hall–Kier alpha value is -2.31. The molecule has 0 saturated heterocycles. The molecule has 22 heavy (non-hydrogen) atoms. The molecule has 1 heterocycles. The van der Waals surface area contributed by atoms with Crippen molar-refractivity contribution in [2.75, 3.05) is 5.73 Å². The first-order valence-corrected chi connectivity index (χ1v) is 6.92. The fraction of sp³-hybridized carbons (Fsp3) is 0.333. The third-order valence-corrected chi connectivity index (χ3v) is 3.90. The number of aromatic nitrogens is 2. The number of fused-ring (bicyclic) bond motifs is 1. The lowest BCUT2D eigenvalue weighted by Gasteiger charge is -2.20. The van der Waals surface area contributed by atoms with Crippen molar-refractivity contribution >= 4 is 5.82 Å². The second-order valence-corrected chi connectivity index (χ2v) is 5.33. The number of nitrogens with zero attached hydrogens (tertiary/aromatic N) is 2. The fourth-order valence-electron chi connectivity index (χ4n) is 2.80. The smallest absolute Gasteiger partial charge is 0.416 e. The monoisotopic (exact) mass is 309 g/mol. The van der Waals surface area contributed by atoms with Crippen LogP contribution in [0.4, 0.5) is 19.0 Å². The Morgan fingerprint density at radius 3 is 2.36 bits per heavy atom. The summed E-state index contributed by atoms with van der Waals surface area (Å²) < 4.78 is 38.0. The number of phenols is 1. The van der Waals surface area contributed by atoms with E-state index < -0.39 is 17.5 Å². The average molecular weight is 309 g/mol. The van der Waals surface area contributed by atoms with Gasteiger partial charge in [0.05, 0.1) is 5.56 Å². The predicted molar refractivity (Wildman–Crippen MR) is 75.2 cm³/mol. The molecule has 0 amide bonds. The van der Waals surface area contributed by atoms with Gasteiger partial charge in [-0.3, -0.25) is 0 Å². The van der Waals surface area contributed by atoms with Crippen molar-refractivity contribution in [1.82, 2.24) is 10.2 Å². The molecule has 2 aromatic rings. The standard InChI is InChI=1S/C15H14F3N3O/c16-15(17,18)8-5-6-11(12(22)7-8)13-9-3-1-2-4-10(9)14(19)21-20-13/h5-7,22H,1-4H2,(H2,19,21). The number of aromatic hydroxyl groups is 1. The second kappa shape index (κ2) is 5.15. The third-order valence-electron chi connectivity index (χ3n) is 3.90. The molecular formula is C15H14F3N3O. The van der Waals surface area contributed by atoms with Crippen LogP contribution < -0.4 is 5.73 Å². The van der Waals surface area contributed by atoms with Crippen molar-refractivity contribution in [2.45, 2.75) is 31.9 Å². The number of nitrogens with two attached hydrogens (primary N) is 1. The zero-order chi connectivity index (χ0) is 15.9. The lowest BCUT2D eigenvalue weighted by atomic mass is 9.89. The van der Waals surface area contributed by atoms with Gasteiger partial charge in [0, 0.05) is 11.1 Å². The predicted octanol–water partition coefficient (Wildman–Crippen LogP) is 3.33. The van der Waals surface area contributed by atoms with Gasteiger partial charge in [-0.1, -0.05) is 0 Å². The van der Waals surface area contributed by atoms with Gasteiger partial charge >= 0.3 is 6.18 Å². The van der Waals surface area contributed by atoms with Crippen LogP contribution in [0, 0.1) is 0 Å².